The van der Waals surface area contributed by atoms with Crippen molar-refractivity contribution >= 4 is 10.9 Å². The van der Waals surface area contributed by atoms with Gasteiger partial charge in [0.2, 0.25) is 0 Å². The third-order valence-electron chi connectivity index (χ3n) is 1.97. The monoisotopic (exact) mass is 227 g/mol. The molecule has 0 unspecified atom stereocenters. The van der Waals surface area contributed by atoms with Gasteiger partial charge in [-0.05, 0) is 25.1 Å². The third kappa shape index (κ3) is 2.72. The first-order valence-corrected chi connectivity index (χ1v) is 5.20. The van der Waals surface area contributed by atoms with Gasteiger partial charge in [0, 0.05) is 16.6 Å². The molecule has 0 aliphatic rings. The summed E-state index contributed by atoms with van der Waals surface area (Å²) in [7, 11) is 0. The Morgan fingerprint density at radius 3 is 2.56 bits per heavy atom. The van der Waals surface area contributed by atoms with Crippen molar-refractivity contribution in [3.63, 3.8) is 0 Å². The van der Waals surface area contributed by atoms with Crippen LogP contribution in [0.4, 0.5) is 8.78 Å². The number of hydrogen-bond donors (Lipinski definition) is 1. The lowest BCUT2D eigenvalue weighted by atomic mass is 10.2. The molecule has 2 rings (SSSR count). The first-order valence-electron chi connectivity index (χ1n) is 5.20. The van der Waals surface area contributed by atoms with E-state index < -0.39 is 6.61 Å². The van der Waals surface area contributed by atoms with Crippen LogP contribution in [-0.4, -0.2) is 11.6 Å². The molecule has 1 N–H and O–H groups in total. The zero-order chi connectivity index (χ0) is 12.1. The van der Waals surface area contributed by atoms with Gasteiger partial charge in [0.25, 0.3) is 0 Å². The minimum atomic E-state index is -2.78. The Balaban J connectivity index is 0.000000606. The van der Waals surface area contributed by atoms with Gasteiger partial charge in [-0.2, -0.15) is 8.78 Å². The lowest BCUT2D eigenvalue weighted by Gasteiger charge is -2.04. The summed E-state index contributed by atoms with van der Waals surface area (Å²) in [5.41, 5.74) is 1.73. The van der Waals surface area contributed by atoms with E-state index in [1.54, 1.807) is 12.1 Å². The topological polar surface area (TPSA) is 25.0 Å². The van der Waals surface area contributed by atoms with Crippen LogP contribution >= 0.6 is 0 Å². The van der Waals surface area contributed by atoms with Crippen LogP contribution in [0.1, 0.15) is 19.5 Å². The highest BCUT2D eigenvalue weighted by Gasteiger charge is 2.08. The third-order valence-corrected chi connectivity index (χ3v) is 1.97. The predicted octanol–water partition coefficient (Wildman–Crippen LogP) is 4.10. The molecule has 2 aromatic rings. The standard InChI is InChI=1S/C10H9F2NO.C2H6/c1-6-5-7-8(13-6)3-2-4-9(7)14-10(11)12;1-2/h2-5,10,13H,1H3;1-2H3. The SMILES string of the molecule is CC.Cc1cc2c(OC(F)F)cccc2[nH]1. The van der Waals surface area contributed by atoms with Crippen molar-refractivity contribution in [2.45, 2.75) is 27.4 Å². The predicted molar refractivity (Wildman–Crippen MR) is 61.0 cm³/mol. The Morgan fingerprint density at radius 2 is 1.94 bits per heavy atom. The molecular formula is C12H15F2NO. The van der Waals surface area contributed by atoms with Crippen molar-refractivity contribution in [1.29, 1.82) is 0 Å². The second-order valence-corrected chi connectivity index (χ2v) is 3.05. The quantitative estimate of drug-likeness (QED) is 0.820. The second-order valence-electron chi connectivity index (χ2n) is 3.05. The fraction of sp³-hybridized carbons (Fsp3) is 0.333. The summed E-state index contributed by atoms with van der Waals surface area (Å²) in [4.78, 5) is 3.05. The molecule has 0 spiro atoms. The highest BCUT2D eigenvalue weighted by atomic mass is 19.3. The van der Waals surface area contributed by atoms with Crippen LogP contribution in [0.25, 0.3) is 10.9 Å². The Hall–Kier alpha value is -1.58. The number of hydrogen-bond acceptors (Lipinski definition) is 1. The number of fused-ring (bicyclic) bond motifs is 1. The average molecular weight is 227 g/mol. The molecule has 2 nitrogen and oxygen atoms in total. The van der Waals surface area contributed by atoms with Gasteiger partial charge in [0.15, 0.2) is 0 Å². The number of aromatic nitrogens is 1. The molecule has 1 heterocycles. The summed E-state index contributed by atoms with van der Waals surface area (Å²) in [6.07, 6.45) is 0. The highest BCUT2D eigenvalue weighted by molar-refractivity contribution is 5.86. The van der Waals surface area contributed by atoms with Crippen molar-refractivity contribution < 1.29 is 13.5 Å². The molecule has 4 heteroatoms. The maximum Gasteiger partial charge on any atom is 0.387 e. The lowest BCUT2D eigenvalue weighted by Crippen LogP contribution is -2.01. The summed E-state index contributed by atoms with van der Waals surface area (Å²) in [6.45, 7) is 3.09. The number of benzene rings is 1. The number of nitrogens with one attached hydrogen (secondary N) is 1. The lowest BCUT2D eigenvalue weighted by molar-refractivity contribution is -0.0487. The molecule has 0 atom stereocenters. The van der Waals surface area contributed by atoms with Crippen molar-refractivity contribution in [2.75, 3.05) is 0 Å². The van der Waals surface area contributed by atoms with E-state index in [0.717, 1.165) is 11.2 Å². The summed E-state index contributed by atoms with van der Waals surface area (Å²) in [5, 5.41) is 0.685. The van der Waals surface area contributed by atoms with Crippen molar-refractivity contribution in [3.05, 3.63) is 30.0 Å². The largest absolute Gasteiger partial charge is 0.434 e. The summed E-state index contributed by atoms with van der Waals surface area (Å²) in [5.74, 6) is 0.210. The van der Waals surface area contributed by atoms with Crippen LogP contribution in [0.5, 0.6) is 5.75 Å². The first kappa shape index (κ1) is 12.5. The average Bonchev–Trinajstić information content (AvgIpc) is 2.62. The van der Waals surface area contributed by atoms with Crippen molar-refractivity contribution in [3.8, 4) is 5.75 Å². The maximum atomic E-state index is 12.0. The van der Waals surface area contributed by atoms with E-state index in [1.807, 2.05) is 26.8 Å². The molecule has 1 aromatic carbocycles. The number of aromatic amines is 1. The summed E-state index contributed by atoms with van der Waals surface area (Å²) < 4.78 is 28.4. The van der Waals surface area contributed by atoms with Gasteiger partial charge in [0.1, 0.15) is 5.75 Å². The zero-order valence-electron chi connectivity index (χ0n) is 9.55. The minimum absolute atomic E-state index is 0.210. The van der Waals surface area contributed by atoms with Gasteiger partial charge in [-0.15, -0.1) is 0 Å². The van der Waals surface area contributed by atoms with Crippen LogP contribution in [-0.2, 0) is 0 Å². The highest BCUT2D eigenvalue weighted by Crippen LogP contribution is 2.27. The van der Waals surface area contributed by atoms with Crippen LogP contribution < -0.4 is 4.74 Å². The Labute approximate surface area is 93.2 Å². The molecule has 0 saturated heterocycles. The van der Waals surface area contributed by atoms with E-state index in [9.17, 15) is 8.78 Å². The molecule has 88 valence electrons. The number of halogens is 2. The normalized spacial score (nSPS) is 10.1. The van der Waals surface area contributed by atoms with E-state index in [4.69, 9.17) is 0 Å². The Kier molecular flexibility index (Phi) is 4.28. The van der Waals surface area contributed by atoms with Gasteiger partial charge in [-0.3, -0.25) is 0 Å². The van der Waals surface area contributed by atoms with Crippen LogP contribution in [0.15, 0.2) is 24.3 Å². The van der Waals surface area contributed by atoms with Crippen LogP contribution in [0.2, 0.25) is 0 Å². The number of rotatable bonds is 2. The van der Waals surface area contributed by atoms with E-state index in [0.29, 0.717) is 5.39 Å². The molecular weight excluding hydrogens is 212 g/mol. The fourth-order valence-electron chi connectivity index (χ4n) is 1.47. The number of alkyl halides is 2. The first-order chi connectivity index (χ1) is 7.66. The molecule has 0 fully saturated rings. The van der Waals surface area contributed by atoms with Gasteiger partial charge < -0.3 is 9.72 Å². The van der Waals surface area contributed by atoms with Crippen molar-refractivity contribution in [1.82, 2.24) is 4.98 Å². The molecule has 1 aromatic heterocycles. The van der Waals surface area contributed by atoms with E-state index >= 15 is 0 Å². The minimum Gasteiger partial charge on any atom is -0.434 e. The maximum absolute atomic E-state index is 12.0. The van der Waals surface area contributed by atoms with E-state index in [1.165, 1.54) is 6.07 Å². The van der Waals surface area contributed by atoms with E-state index in [-0.39, 0.29) is 5.75 Å². The van der Waals surface area contributed by atoms with Gasteiger partial charge >= 0.3 is 6.61 Å². The molecule has 0 radical (unpaired) electrons. The van der Waals surface area contributed by atoms with Crippen LogP contribution in [0.3, 0.4) is 0 Å². The molecule has 0 saturated carbocycles. The zero-order valence-corrected chi connectivity index (χ0v) is 9.55. The fourth-order valence-corrected chi connectivity index (χ4v) is 1.47. The van der Waals surface area contributed by atoms with Gasteiger partial charge in [-0.1, -0.05) is 19.9 Å². The van der Waals surface area contributed by atoms with Gasteiger partial charge in [-0.25, -0.2) is 0 Å². The molecule has 0 aliphatic carbocycles. The number of ether oxygens (including phenoxy) is 1. The molecule has 0 amide bonds. The number of H-pyrrole nitrogens is 1. The summed E-state index contributed by atoms with van der Waals surface area (Å²) >= 11 is 0. The van der Waals surface area contributed by atoms with E-state index in [2.05, 4.69) is 9.72 Å². The molecule has 0 bridgehead atoms. The Bertz CT molecular complexity index is 451. The molecule has 16 heavy (non-hydrogen) atoms. The van der Waals surface area contributed by atoms with Crippen LogP contribution in [0, 0.1) is 6.92 Å². The van der Waals surface area contributed by atoms with Gasteiger partial charge in [0.05, 0.1) is 0 Å². The summed E-state index contributed by atoms with van der Waals surface area (Å²) in [6, 6.07) is 6.81. The Morgan fingerprint density at radius 1 is 1.25 bits per heavy atom. The smallest absolute Gasteiger partial charge is 0.387 e. The molecule has 0 aliphatic heterocycles. The van der Waals surface area contributed by atoms with Crippen molar-refractivity contribution in [2.24, 2.45) is 0 Å². The second kappa shape index (κ2) is 5.49. The number of aryl methyl sites for hydroxylation is 1.